The zero-order chi connectivity index (χ0) is 14.5. The van der Waals surface area contributed by atoms with Crippen molar-refractivity contribution < 1.29 is 12.9 Å². The van der Waals surface area contributed by atoms with Crippen molar-refractivity contribution in [3.63, 3.8) is 0 Å². The summed E-state index contributed by atoms with van der Waals surface area (Å²) in [4.78, 5) is 1.49. The van der Waals surface area contributed by atoms with Gasteiger partial charge in [0.05, 0.1) is 0 Å². The summed E-state index contributed by atoms with van der Waals surface area (Å²) in [6, 6.07) is 1.86. The number of nitrogens with zero attached hydrogens (tertiary/aromatic N) is 2. The fraction of sp³-hybridized carbons (Fsp3) is 0.462. The number of hydrogen-bond acceptors (Lipinski definition) is 5. The van der Waals surface area contributed by atoms with E-state index in [-0.39, 0.29) is 10.9 Å². The zero-order valence-electron chi connectivity index (χ0n) is 11.6. The highest BCUT2D eigenvalue weighted by Gasteiger charge is 2.37. The number of thiophene rings is 1. The lowest BCUT2D eigenvalue weighted by molar-refractivity contribution is 0.328. The summed E-state index contributed by atoms with van der Waals surface area (Å²) in [5.74, 6) is 0.353. The van der Waals surface area contributed by atoms with Crippen molar-refractivity contribution in [2.45, 2.75) is 38.1 Å². The molecular weight excluding hydrogens is 296 g/mol. The molecule has 108 valence electrons. The lowest BCUT2D eigenvalue weighted by Gasteiger charge is -2.32. The number of hydrogen-bond donors (Lipinski definition) is 0. The largest absolute Gasteiger partial charge is 0.360 e. The van der Waals surface area contributed by atoms with Gasteiger partial charge in [0.15, 0.2) is 5.76 Å². The molecule has 0 saturated carbocycles. The van der Waals surface area contributed by atoms with Gasteiger partial charge in [0.25, 0.3) is 0 Å². The molecular formula is C13H16N2O3S2. The Balaban J connectivity index is 2.06. The van der Waals surface area contributed by atoms with Crippen molar-refractivity contribution in [2.75, 3.05) is 6.54 Å². The second-order valence-corrected chi connectivity index (χ2v) is 7.82. The monoisotopic (exact) mass is 312 g/mol. The van der Waals surface area contributed by atoms with Gasteiger partial charge in [0.2, 0.25) is 10.0 Å². The Morgan fingerprint density at radius 1 is 1.45 bits per heavy atom. The van der Waals surface area contributed by atoms with Gasteiger partial charge >= 0.3 is 0 Å². The van der Waals surface area contributed by atoms with Gasteiger partial charge in [-0.15, -0.1) is 11.3 Å². The summed E-state index contributed by atoms with van der Waals surface area (Å²) in [6.45, 7) is 5.73. The quantitative estimate of drug-likeness (QED) is 0.855. The van der Waals surface area contributed by atoms with Gasteiger partial charge in [-0.1, -0.05) is 5.16 Å². The van der Waals surface area contributed by atoms with E-state index in [0.29, 0.717) is 18.0 Å². The van der Waals surface area contributed by atoms with Crippen molar-refractivity contribution in [2.24, 2.45) is 0 Å². The van der Waals surface area contributed by atoms with Crippen LogP contribution in [0.5, 0.6) is 0 Å². The molecule has 1 aliphatic rings. The van der Waals surface area contributed by atoms with E-state index in [1.807, 2.05) is 18.4 Å². The summed E-state index contributed by atoms with van der Waals surface area (Å²) in [5, 5.41) is 5.78. The molecule has 0 bridgehead atoms. The molecule has 0 spiro atoms. The van der Waals surface area contributed by atoms with E-state index in [1.165, 1.54) is 4.88 Å². The van der Waals surface area contributed by atoms with E-state index < -0.39 is 10.0 Å². The maximum absolute atomic E-state index is 12.9. The van der Waals surface area contributed by atoms with Crippen molar-refractivity contribution in [3.05, 3.63) is 33.3 Å². The van der Waals surface area contributed by atoms with Gasteiger partial charge in [0.1, 0.15) is 10.6 Å². The molecule has 0 saturated heterocycles. The van der Waals surface area contributed by atoms with Gasteiger partial charge in [0, 0.05) is 17.5 Å². The predicted molar refractivity (Wildman–Crippen MR) is 76.3 cm³/mol. The third-order valence-electron chi connectivity index (χ3n) is 3.76. The summed E-state index contributed by atoms with van der Waals surface area (Å²) < 4.78 is 32.3. The Morgan fingerprint density at radius 3 is 2.85 bits per heavy atom. The Morgan fingerprint density at radius 2 is 2.20 bits per heavy atom. The molecule has 0 amide bonds. The molecule has 1 aliphatic heterocycles. The lowest BCUT2D eigenvalue weighted by atomic mass is 10.0. The van der Waals surface area contributed by atoms with Crippen molar-refractivity contribution >= 4 is 21.4 Å². The molecule has 2 aromatic rings. The normalized spacial score (nSPS) is 20.1. The summed E-state index contributed by atoms with van der Waals surface area (Å²) in [5.41, 5.74) is 1.53. The maximum atomic E-state index is 12.9. The molecule has 20 heavy (non-hydrogen) atoms. The van der Waals surface area contributed by atoms with E-state index in [0.717, 1.165) is 12.0 Å². The number of sulfonamides is 1. The Hall–Kier alpha value is -1.18. The standard InChI is InChI=1S/C13H16N2O3S2/c1-8-13(10(3)18-14-8)20(16,17)15-6-4-12-11(9(15)2)5-7-19-12/h5,7,9H,4,6H2,1-3H3/t9-/m1/s1. The summed E-state index contributed by atoms with van der Waals surface area (Å²) >= 11 is 1.69. The minimum absolute atomic E-state index is 0.149. The zero-order valence-corrected chi connectivity index (χ0v) is 13.2. The molecule has 0 fully saturated rings. The third-order valence-corrected chi connectivity index (χ3v) is 6.97. The molecule has 5 nitrogen and oxygen atoms in total. The molecule has 2 aromatic heterocycles. The Kier molecular flexibility index (Phi) is 3.23. The molecule has 1 atom stereocenters. The van der Waals surface area contributed by atoms with Crippen LogP contribution in [-0.2, 0) is 16.4 Å². The average Bonchev–Trinajstić information content (AvgIpc) is 2.97. The fourth-order valence-electron chi connectivity index (χ4n) is 2.77. The number of aromatic nitrogens is 1. The first-order valence-corrected chi connectivity index (χ1v) is 8.76. The second kappa shape index (κ2) is 4.68. The minimum atomic E-state index is -3.57. The van der Waals surface area contributed by atoms with Crippen LogP contribution in [0, 0.1) is 13.8 Å². The van der Waals surface area contributed by atoms with Gasteiger partial charge in [-0.3, -0.25) is 0 Å². The SMILES string of the molecule is Cc1noc(C)c1S(=O)(=O)N1CCc2sccc2[C@H]1C. The summed E-state index contributed by atoms with van der Waals surface area (Å²) in [6.07, 6.45) is 0.764. The van der Waals surface area contributed by atoms with Crippen LogP contribution in [-0.4, -0.2) is 24.4 Å². The topological polar surface area (TPSA) is 63.4 Å². The Bertz CT molecular complexity index is 726. The molecule has 0 aliphatic carbocycles. The van der Waals surface area contributed by atoms with E-state index in [1.54, 1.807) is 29.5 Å². The van der Waals surface area contributed by atoms with E-state index in [2.05, 4.69) is 5.16 Å². The van der Waals surface area contributed by atoms with Crippen LogP contribution in [0.1, 0.15) is 34.9 Å². The van der Waals surface area contributed by atoms with Gasteiger partial charge in [-0.2, -0.15) is 4.31 Å². The van der Waals surface area contributed by atoms with Gasteiger partial charge < -0.3 is 4.52 Å². The van der Waals surface area contributed by atoms with Crippen LogP contribution in [0.4, 0.5) is 0 Å². The van der Waals surface area contributed by atoms with Crippen molar-refractivity contribution in [1.82, 2.24) is 9.46 Å². The van der Waals surface area contributed by atoms with Crippen LogP contribution < -0.4 is 0 Å². The van der Waals surface area contributed by atoms with Crippen LogP contribution in [0.2, 0.25) is 0 Å². The minimum Gasteiger partial charge on any atom is -0.360 e. The van der Waals surface area contributed by atoms with Gasteiger partial charge in [-0.25, -0.2) is 8.42 Å². The molecule has 7 heteroatoms. The molecule has 3 heterocycles. The lowest BCUT2D eigenvalue weighted by Crippen LogP contribution is -2.38. The predicted octanol–water partition coefficient (Wildman–Crippen LogP) is 2.66. The van der Waals surface area contributed by atoms with Crippen molar-refractivity contribution in [3.8, 4) is 0 Å². The highest BCUT2D eigenvalue weighted by Crippen LogP contribution is 2.37. The van der Waals surface area contributed by atoms with Crippen LogP contribution in [0.15, 0.2) is 20.9 Å². The molecule has 0 radical (unpaired) electrons. The highest BCUT2D eigenvalue weighted by molar-refractivity contribution is 7.89. The van der Waals surface area contributed by atoms with E-state index in [9.17, 15) is 8.42 Å². The van der Waals surface area contributed by atoms with E-state index >= 15 is 0 Å². The van der Waals surface area contributed by atoms with Gasteiger partial charge in [-0.05, 0) is 44.2 Å². The average molecular weight is 312 g/mol. The maximum Gasteiger partial charge on any atom is 0.249 e. The highest BCUT2D eigenvalue weighted by atomic mass is 32.2. The smallest absolute Gasteiger partial charge is 0.249 e. The molecule has 0 aromatic carbocycles. The summed E-state index contributed by atoms with van der Waals surface area (Å²) in [7, 11) is -3.57. The first kappa shape index (κ1) is 13.8. The second-order valence-electron chi connectivity index (χ2n) is 4.99. The van der Waals surface area contributed by atoms with Crippen LogP contribution in [0.3, 0.4) is 0 Å². The molecule has 0 unspecified atom stereocenters. The first-order valence-electron chi connectivity index (χ1n) is 6.44. The number of aryl methyl sites for hydroxylation is 2. The van der Waals surface area contributed by atoms with E-state index in [4.69, 9.17) is 4.52 Å². The van der Waals surface area contributed by atoms with Crippen molar-refractivity contribution in [1.29, 1.82) is 0 Å². The number of rotatable bonds is 2. The third kappa shape index (κ3) is 1.92. The van der Waals surface area contributed by atoms with Crippen LogP contribution >= 0.6 is 11.3 Å². The molecule has 3 rings (SSSR count). The van der Waals surface area contributed by atoms with Crippen LogP contribution in [0.25, 0.3) is 0 Å². The Labute approximate surface area is 122 Å². The molecule has 0 N–H and O–H groups in total. The number of fused-ring (bicyclic) bond motifs is 1. The fourth-order valence-corrected chi connectivity index (χ4v) is 5.64. The first-order chi connectivity index (χ1) is 9.43.